The van der Waals surface area contributed by atoms with E-state index >= 15 is 4.39 Å². The van der Waals surface area contributed by atoms with Gasteiger partial charge in [-0.05, 0) is 18.6 Å². The molecule has 0 spiro atoms. The summed E-state index contributed by atoms with van der Waals surface area (Å²) < 4.78 is 37.5. The molecule has 2 aromatic heterocycles. The van der Waals surface area contributed by atoms with E-state index in [0.29, 0.717) is 42.5 Å². The lowest BCUT2D eigenvalue weighted by molar-refractivity contribution is -0.0248. The smallest absolute Gasteiger partial charge is 0.201 e. The van der Waals surface area contributed by atoms with Gasteiger partial charge < -0.3 is 19.8 Å². The second-order valence-corrected chi connectivity index (χ2v) is 7.90. The minimum absolute atomic E-state index is 0.0672. The molecule has 1 saturated heterocycles. The minimum atomic E-state index is -0.920. The highest BCUT2D eigenvalue weighted by atomic mass is 32.2. The van der Waals surface area contributed by atoms with Crippen molar-refractivity contribution in [2.75, 3.05) is 35.6 Å². The van der Waals surface area contributed by atoms with E-state index < -0.39 is 23.0 Å². The Morgan fingerprint density at radius 3 is 2.90 bits per heavy atom. The molecule has 0 saturated carbocycles. The Morgan fingerprint density at radius 1 is 1.33 bits per heavy atom. The predicted octanol–water partition coefficient (Wildman–Crippen LogP) is 4.00. The number of hydrogen-bond acceptors (Lipinski definition) is 7. The maximum absolute atomic E-state index is 15.0. The summed E-state index contributed by atoms with van der Waals surface area (Å²) in [6.45, 7) is 3.92. The average molecular weight is 433 g/mol. The van der Waals surface area contributed by atoms with Crippen molar-refractivity contribution in [2.45, 2.75) is 13.3 Å². The SMILES string of the molecule is CCCSNc1ccc(F)c(C(=O)c2c[nH]c3ncnc(NCC4COC4)c23)c1F. The van der Waals surface area contributed by atoms with Crippen LogP contribution in [0, 0.1) is 17.6 Å². The number of hydrogen-bond donors (Lipinski definition) is 3. The van der Waals surface area contributed by atoms with E-state index in [4.69, 9.17) is 4.74 Å². The Hall–Kier alpha value is -2.72. The molecule has 1 aliphatic heterocycles. The van der Waals surface area contributed by atoms with Crippen molar-refractivity contribution >= 4 is 40.3 Å². The van der Waals surface area contributed by atoms with Crippen LogP contribution in [0.25, 0.3) is 11.0 Å². The Morgan fingerprint density at radius 2 is 2.17 bits per heavy atom. The normalized spacial score (nSPS) is 14.0. The Balaban J connectivity index is 1.68. The Bertz CT molecular complexity index is 1070. The van der Waals surface area contributed by atoms with Gasteiger partial charge in [-0.2, -0.15) is 0 Å². The van der Waals surface area contributed by atoms with Gasteiger partial charge in [0.15, 0.2) is 5.82 Å². The van der Waals surface area contributed by atoms with Crippen molar-refractivity contribution in [1.82, 2.24) is 15.0 Å². The first-order valence-electron chi connectivity index (χ1n) is 9.64. The van der Waals surface area contributed by atoms with E-state index in [1.54, 1.807) is 0 Å². The molecule has 0 aliphatic carbocycles. The number of rotatable bonds is 9. The van der Waals surface area contributed by atoms with Crippen molar-refractivity contribution < 1.29 is 18.3 Å². The number of aromatic nitrogens is 3. The number of carbonyl (C=O) groups is 1. The zero-order chi connectivity index (χ0) is 21.1. The van der Waals surface area contributed by atoms with Crippen molar-refractivity contribution in [3.8, 4) is 0 Å². The number of aromatic amines is 1. The molecule has 4 rings (SSSR count). The molecule has 0 atom stereocenters. The predicted molar refractivity (Wildman–Crippen MR) is 113 cm³/mol. The molecule has 0 bridgehead atoms. The second-order valence-electron chi connectivity index (χ2n) is 7.00. The number of H-pyrrole nitrogens is 1. The molecule has 3 aromatic rings. The number of benzene rings is 1. The number of nitrogens with zero attached hydrogens (tertiary/aromatic N) is 2. The largest absolute Gasteiger partial charge is 0.381 e. The lowest BCUT2D eigenvalue weighted by Crippen LogP contribution is -2.33. The van der Waals surface area contributed by atoms with Crippen LogP contribution in [0.3, 0.4) is 0 Å². The standard InChI is InChI=1S/C20H21F2N5O2S/c1-2-5-30-27-14-4-3-13(21)16(17(14)22)18(28)12-7-24-20-15(12)19(25-10-26-20)23-6-11-8-29-9-11/h3-4,7,10-11,27H,2,5-6,8-9H2,1H3,(H2,23,24,25,26). The molecule has 10 heteroatoms. The highest BCUT2D eigenvalue weighted by molar-refractivity contribution is 8.00. The molecule has 0 unspecified atom stereocenters. The molecule has 30 heavy (non-hydrogen) atoms. The fourth-order valence-corrected chi connectivity index (χ4v) is 3.74. The Kier molecular flexibility index (Phi) is 6.14. The summed E-state index contributed by atoms with van der Waals surface area (Å²) in [7, 11) is 0. The van der Waals surface area contributed by atoms with Crippen molar-refractivity contribution in [1.29, 1.82) is 0 Å². The monoisotopic (exact) mass is 433 g/mol. The number of nitrogens with one attached hydrogen (secondary N) is 3. The van der Waals surface area contributed by atoms with Gasteiger partial charge in [-0.1, -0.05) is 18.9 Å². The third-order valence-electron chi connectivity index (χ3n) is 4.79. The maximum Gasteiger partial charge on any atom is 0.201 e. The van der Waals surface area contributed by atoms with Crippen LogP contribution >= 0.6 is 11.9 Å². The van der Waals surface area contributed by atoms with Crippen LogP contribution in [0.2, 0.25) is 0 Å². The fraction of sp³-hybridized carbons (Fsp3) is 0.350. The van der Waals surface area contributed by atoms with Crippen LogP contribution in [0.15, 0.2) is 24.7 Å². The molecule has 3 heterocycles. The van der Waals surface area contributed by atoms with Crippen LogP contribution in [0.1, 0.15) is 29.3 Å². The van der Waals surface area contributed by atoms with Gasteiger partial charge in [0.2, 0.25) is 5.78 Å². The third kappa shape index (κ3) is 3.97. The summed E-state index contributed by atoms with van der Waals surface area (Å²) in [6, 6.07) is 2.38. The van der Waals surface area contributed by atoms with Gasteiger partial charge in [-0.3, -0.25) is 4.79 Å². The van der Waals surface area contributed by atoms with Crippen LogP contribution in [0.5, 0.6) is 0 Å². The fourth-order valence-electron chi connectivity index (χ4n) is 3.12. The van der Waals surface area contributed by atoms with Gasteiger partial charge in [0, 0.05) is 24.4 Å². The number of anilines is 2. The van der Waals surface area contributed by atoms with Crippen molar-refractivity contribution in [2.24, 2.45) is 5.92 Å². The topological polar surface area (TPSA) is 91.9 Å². The molecule has 3 N–H and O–H groups in total. The highest BCUT2D eigenvalue weighted by Gasteiger charge is 2.26. The van der Waals surface area contributed by atoms with E-state index in [9.17, 15) is 9.18 Å². The minimum Gasteiger partial charge on any atom is -0.381 e. The summed E-state index contributed by atoms with van der Waals surface area (Å²) >= 11 is 1.30. The second kappa shape index (κ2) is 8.97. The van der Waals surface area contributed by atoms with E-state index in [2.05, 4.69) is 25.0 Å². The van der Waals surface area contributed by atoms with Gasteiger partial charge in [0.25, 0.3) is 0 Å². The summed E-state index contributed by atoms with van der Waals surface area (Å²) in [5, 5.41) is 3.59. The van der Waals surface area contributed by atoms with Gasteiger partial charge in [0.1, 0.15) is 23.6 Å². The summed E-state index contributed by atoms with van der Waals surface area (Å²) in [5.74, 6) is -1.07. The molecular weight excluding hydrogens is 412 g/mol. The number of carbonyl (C=O) groups excluding carboxylic acids is 1. The molecule has 1 aliphatic rings. The number of fused-ring (bicyclic) bond motifs is 1. The molecular formula is C20H21F2N5O2S. The summed E-state index contributed by atoms with van der Waals surface area (Å²) in [5.41, 5.74) is -0.0266. The molecule has 1 aromatic carbocycles. The van der Waals surface area contributed by atoms with E-state index in [1.807, 2.05) is 6.92 Å². The van der Waals surface area contributed by atoms with E-state index in [-0.39, 0.29) is 11.3 Å². The van der Waals surface area contributed by atoms with E-state index in [1.165, 1.54) is 30.5 Å². The van der Waals surface area contributed by atoms with E-state index in [0.717, 1.165) is 18.2 Å². The molecule has 0 radical (unpaired) electrons. The first-order chi connectivity index (χ1) is 14.6. The van der Waals surface area contributed by atoms with Gasteiger partial charge in [-0.25, -0.2) is 18.7 Å². The zero-order valence-corrected chi connectivity index (χ0v) is 17.1. The molecule has 7 nitrogen and oxygen atoms in total. The van der Waals surface area contributed by atoms with Gasteiger partial charge in [-0.15, -0.1) is 0 Å². The summed E-state index contributed by atoms with van der Waals surface area (Å²) in [4.78, 5) is 24.4. The number of halogens is 2. The van der Waals surface area contributed by atoms with Crippen LogP contribution in [-0.4, -0.2) is 46.2 Å². The van der Waals surface area contributed by atoms with Crippen molar-refractivity contribution in [3.05, 3.63) is 47.4 Å². The quantitative estimate of drug-likeness (QED) is 0.267. The first-order valence-corrected chi connectivity index (χ1v) is 10.6. The zero-order valence-electron chi connectivity index (χ0n) is 16.3. The lowest BCUT2D eigenvalue weighted by Gasteiger charge is -2.26. The third-order valence-corrected chi connectivity index (χ3v) is 5.76. The maximum atomic E-state index is 15.0. The first kappa shape index (κ1) is 20.5. The molecule has 158 valence electrons. The number of ketones is 1. The lowest BCUT2D eigenvalue weighted by atomic mass is 10.0. The van der Waals surface area contributed by atoms with Crippen LogP contribution in [0.4, 0.5) is 20.3 Å². The van der Waals surface area contributed by atoms with Crippen molar-refractivity contribution in [3.63, 3.8) is 0 Å². The number of ether oxygens (including phenoxy) is 1. The van der Waals surface area contributed by atoms with Crippen LogP contribution < -0.4 is 10.0 Å². The molecule has 1 fully saturated rings. The highest BCUT2D eigenvalue weighted by Crippen LogP contribution is 2.30. The summed E-state index contributed by atoms with van der Waals surface area (Å²) in [6.07, 6.45) is 3.66. The molecule has 0 amide bonds. The van der Waals surface area contributed by atoms with Gasteiger partial charge in [0.05, 0.1) is 35.4 Å². The van der Waals surface area contributed by atoms with Crippen LogP contribution in [-0.2, 0) is 4.74 Å². The average Bonchev–Trinajstić information content (AvgIpc) is 3.14. The van der Waals surface area contributed by atoms with Gasteiger partial charge >= 0.3 is 0 Å². The Labute approximate surface area is 176 Å².